The number of likely N-dealkylation sites (N-methyl/N-ethyl adjacent to an activating group) is 1. The molecular formula is C30H37N3O8S. The number of rotatable bonds is 2. The Morgan fingerprint density at radius 2 is 1.83 bits per heavy atom. The van der Waals surface area contributed by atoms with Gasteiger partial charge in [-0.05, 0) is 56.5 Å². The van der Waals surface area contributed by atoms with E-state index >= 15 is 0 Å². The number of nitrogens with two attached hydrogens (primary N) is 1. The van der Waals surface area contributed by atoms with E-state index in [1.807, 2.05) is 24.9 Å². The standard InChI is InChI=1S/C30H37N3O8S/c1-11-7-15-8-17-29(37)33-18-9-40-30(38)16(31)10-42-28(23(33)22(32(17)5)19(15)25(36)26(11)39-6)21-20(18)24(35)12(2)13(3)27(21)41-14(4)34/h7,16-18,22-23,28-29,35-37H,8-10,31H2,1-6H3/t16-,17+,18-,22+,23+,28+,29-/m0/s1. The average molecular weight is 600 g/mol. The lowest BCUT2D eigenvalue weighted by Crippen LogP contribution is -2.69. The summed E-state index contributed by atoms with van der Waals surface area (Å²) in [5, 5.41) is 34.8. The first kappa shape index (κ1) is 29.1. The van der Waals surface area contributed by atoms with Crippen LogP contribution in [0.1, 0.15) is 63.2 Å². The summed E-state index contributed by atoms with van der Waals surface area (Å²) < 4.78 is 17.2. The molecule has 0 spiro atoms. The number of phenolic OH excluding ortho intramolecular Hbond substituents is 2. The maximum Gasteiger partial charge on any atom is 0.323 e. The van der Waals surface area contributed by atoms with Crippen molar-refractivity contribution in [3.8, 4) is 23.0 Å². The minimum Gasteiger partial charge on any atom is -0.507 e. The highest BCUT2D eigenvalue weighted by Crippen LogP contribution is 2.62. The summed E-state index contributed by atoms with van der Waals surface area (Å²) in [5.74, 6) is -0.118. The van der Waals surface area contributed by atoms with Gasteiger partial charge in [-0.25, -0.2) is 0 Å². The van der Waals surface area contributed by atoms with Gasteiger partial charge in [-0.1, -0.05) is 6.07 Å². The molecule has 0 radical (unpaired) electrons. The molecule has 0 amide bonds. The molecule has 42 heavy (non-hydrogen) atoms. The zero-order valence-electron chi connectivity index (χ0n) is 24.5. The number of ether oxygens (including phenoxy) is 3. The number of aliphatic hydroxyl groups excluding tert-OH is 1. The number of hydrogen-bond acceptors (Lipinski definition) is 12. The van der Waals surface area contributed by atoms with Crippen LogP contribution in [0.3, 0.4) is 0 Å². The molecule has 0 aliphatic carbocycles. The number of aromatic hydroxyl groups is 2. The van der Waals surface area contributed by atoms with Gasteiger partial charge in [-0.2, -0.15) is 0 Å². The second-order valence-corrected chi connectivity index (χ2v) is 12.9. The molecule has 2 aromatic rings. The summed E-state index contributed by atoms with van der Waals surface area (Å²) in [5.41, 5.74) is 10.9. The molecule has 12 heteroatoms. The molecule has 2 saturated heterocycles. The van der Waals surface area contributed by atoms with Gasteiger partial charge >= 0.3 is 11.9 Å². The summed E-state index contributed by atoms with van der Waals surface area (Å²) in [6, 6.07) is -0.995. The summed E-state index contributed by atoms with van der Waals surface area (Å²) in [6.45, 7) is 6.56. The number of carbonyl (C=O) groups is 2. The van der Waals surface area contributed by atoms with Gasteiger partial charge in [-0.15, -0.1) is 11.8 Å². The Morgan fingerprint density at radius 1 is 1.12 bits per heavy atom. The van der Waals surface area contributed by atoms with Crippen molar-refractivity contribution < 1.29 is 39.1 Å². The first-order valence-corrected chi connectivity index (χ1v) is 15.1. The van der Waals surface area contributed by atoms with E-state index in [1.54, 1.807) is 13.8 Å². The predicted octanol–water partition coefficient (Wildman–Crippen LogP) is 2.27. The van der Waals surface area contributed by atoms with E-state index in [-0.39, 0.29) is 29.9 Å². The van der Waals surface area contributed by atoms with Crippen molar-refractivity contribution in [2.24, 2.45) is 5.73 Å². The molecular weight excluding hydrogens is 562 g/mol. The number of piperazine rings is 1. The normalized spacial score (nSPS) is 30.6. The molecule has 4 heterocycles. The number of nitrogens with zero attached hydrogens (tertiary/aromatic N) is 2. The molecule has 0 saturated carbocycles. The second kappa shape index (κ2) is 10.3. The number of thioether (sulfide) groups is 1. The van der Waals surface area contributed by atoms with E-state index in [1.165, 1.54) is 25.8 Å². The highest BCUT2D eigenvalue weighted by atomic mass is 32.2. The quantitative estimate of drug-likeness (QED) is 0.296. The van der Waals surface area contributed by atoms with Gasteiger partial charge in [0.05, 0.1) is 30.5 Å². The molecule has 5 N–H and O–H groups in total. The average Bonchev–Trinajstić information content (AvgIpc) is 2.93. The fourth-order valence-electron chi connectivity index (χ4n) is 7.49. The maximum atomic E-state index is 12.8. The highest BCUT2D eigenvalue weighted by Gasteiger charge is 2.59. The number of fused-ring (bicyclic) bond motifs is 7. The van der Waals surface area contributed by atoms with E-state index in [0.29, 0.717) is 45.7 Å². The van der Waals surface area contributed by atoms with Gasteiger partial charge in [0.1, 0.15) is 30.4 Å². The third-order valence-electron chi connectivity index (χ3n) is 9.50. The van der Waals surface area contributed by atoms with Crippen LogP contribution in [0.5, 0.6) is 23.0 Å². The van der Waals surface area contributed by atoms with Crippen LogP contribution < -0.4 is 15.2 Å². The number of esters is 2. The molecule has 4 bridgehead atoms. The van der Waals surface area contributed by atoms with Crippen molar-refractivity contribution in [2.75, 3.05) is 26.5 Å². The fraction of sp³-hybridized carbons (Fsp3) is 0.533. The summed E-state index contributed by atoms with van der Waals surface area (Å²) in [7, 11) is 3.45. The van der Waals surface area contributed by atoms with Gasteiger partial charge in [0.25, 0.3) is 0 Å². The van der Waals surface area contributed by atoms with Gasteiger partial charge in [0.2, 0.25) is 0 Å². The number of phenols is 2. The molecule has 7 atom stereocenters. The predicted molar refractivity (Wildman–Crippen MR) is 155 cm³/mol. The van der Waals surface area contributed by atoms with Crippen molar-refractivity contribution in [3.05, 3.63) is 45.0 Å². The Morgan fingerprint density at radius 3 is 2.50 bits per heavy atom. The molecule has 0 unspecified atom stereocenters. The topological polar surface area (TPSA) is 155 Å². The lowest BCUT2D eigenvalue weighted by molar-refractivity contribution is -0.184. The monoisotopic (exact) mass is 599 g/mol. The number of benzene rings is 2. The van der Waals surface area contributed by atoms with Crippen LogP contribution >= 0.6 is 11.8 Å². The Balaban J connectivity index is 1.68. The van der Waals surface area contributed by atoms with Crippen LogP contribution in [-0.2, 0) is 20.7 Å². The lowest BCUT2D eigenvalue weighted by atomic mass is 9.72. The van der Waals surface area contributed by atoms with Crippen LogP contribution in [0.2, 0.25) is 0 Å². The molecule has 0 aromatic heterocycles. The first-order valence-electron chi connectivity index (χ1n) is 14.0. The van der Waals surface area contributed by atoms with Crippen LogP contribution in [0.25, 0.3) is 0 Å². The van der Waals surface area contributed by atoms with Gasteiger partial charge in [0, 0.05) is 35.4 Å². The number of aryl methyl sites for hydroxylation is 1. The Hall–Kier alpha value is -3.03. The van der Waals surface area contributed by atoms with Crippen molar-refractivity contribution in [1.29, 1.82) is 0 Å². The maximum absolute atomic E-state index is 12.8. The molecule has 2 fully saturated rings. The third kappa shape index (κ3) is 4.03. The number of aliphatic hydroxyl groups is 1. The summed E-state index contributed by atoms with van der Waals surface area (Å²) in [6.07, 6.45) is -0.551. The van der Waals surface area contributed by atoms with Crippen LogP contribution in [0.15, 0.2) is 6.07 Å². The minimum absolute atomic E-state index is 0.00482. The smallest absolute Gasteiger partial charge is 0.323 e. The van der Waals surface area contributed by atoms with E-state index in [9.17, 15) is 24.9 Å². The zero-order chi connectivity index (χ0) is 30.4. The minimum atomic E-state index is -1.01. The molecule has 6 rings (SSSR count). The third-order valence-corrected chi connectivity index (χ3v) is 10.9. The van der Waals surface area contributed by atoms with Crippen molar-refractivity contribution in [1.82, 2.24) is 9.80 Å². The van der Waals surface area contributed by atoms with Crippen molar-refractivity contribution >= 4 is 23.7 Å². The SMILES string of the molecule is COc1c(C)cc2c(c1O)[C@@H]1[C@@H]3[C@@H]4SC[C@H](N)C(=O)OC[C@@H](c5c(O)c(C)c(C)c(OC(C)=O)c54)N3[C@@H](O)[C@@H](C2)N1C. The van der Waals surface area contributed by atoms with Crippen LogP contribution in [0, 0.1) is 20.8 Å². The summed E-state index contributed by atoms with van der Waals surface area (Å²) >= 11 is 1.38. The second-order valence-electron chi connectivity index (χ2n) is 11.7. The number of methoxy groups -OCH3 is 1. The van der Waals surface area contributed by atoms with Crippen molar-refractivity contribution in [3.63, 3.8) is 0 Å². The molecule has 2 aromatic carbocycles. The number of hydrogen-bond donors (Lipinski definition) is 4. The number of carbonyl (C=O) groups excluding carboxylic acids is 2. The molecule has 226 valence electrons. The van der Waals surface area contributed by atoms with Crippen molar-refractivity contribution in [2.45, 2.75) is 75.8 Å². The van der Waals surface area contributed by atoms with E-state index in [0.717, 1.165) is 11.1 Å². The Labute approximate surface area is 248 Å². The van der Waals surface area contributed by atoms with E-state index in [2.05, 4.69) is 4.90 Å². The van der Waals surface area contributed by atoms with Gasteiger partial charge in [-0.3, -0.25) is 19.4 Å². The first-order chi connectivity index (χ1) is 19.9. The Kier molecular flexibility index (Phi) is 7.13. The number of cyclic esters (lactones) is 1. The largest absolute Gasteiger partial charge is 0.507 e. The highest BCUT2D eigenvalue weighted by molar-refractivity contribution is 7.99. The zero-order valence-corrected chi connectivity index (χ0v) is 25.3. The lowest BCUT2D eigenvalue weighted by Gasteiger charge is -2.62. The molecule has 4 aliphatic heterocycles. The molecule has 11 nitrogen and oxygen atoms in total. The van der Waals surface area contributed by atoms with Crippen LogP contribution in [-0.4, -0.2) is 87.9 Å². The van der Waals surface area contributed by atoms with Crippen LogP contribution in [0.4, 0.5) is 0 Å². The Bertz CT molecular complexity index is 1500. The van der Waals surface area contributed by atoms with E-state index < -0.39 is 47.6 Å². The fourth-order valence-corrected chi connectivity index (χ4v) is 8.93. The van der Waals surface area contributed by atoms with Gasteiger partial charge < -0.3 is 35.3 Å². The summed E-state index contributed by atoms with van der Waals surface area (Å²) in [4.78, 5) is 29.2. The van der Waals surface area contributed by atoms with Gasteiger partial charge in [0.15, 0.2) is 11.5 Å². The molecule has 4 aliphatic rings. The van der Waals surface area contributed by atoms with E-state index in [4.69, 9.17) is 19.9 Å².